The largest absolute Gasteiger partial charge is 0.385 e. The third kappa shape index (κ3) is 4.98. The summed E-state index contributed by atoms with van der Waals surface area (Å²) in [7, 11) is -3.89. The minimum absolute atomic E-state index is 0.277. The van der Waals surface area contributed by atoms with Crippen molar-refractivity contribution < 1.29 is 13.3 Å². The van der Waals surface area contributed by atoms with Gasteiger partial charge < -0.3 is 5.32 Å². The molecule has 0 aromatic heterocycles. The Kier molecular flexibility index (Phi) is 6.57. The maximum atomic E-state index is 12.2. The molecule has 0 aliphatic carbocycles. The van der Waals surface area contributed by atoms with Crippen LogP contribution in [0.4, 0.5) is 11.4 Å². The summed E-state index contributed by atoms with van der Waals surface area (Å²) in [5, 5.41) is 14.0. The molecule has 21 heavy (non-hydrogen) atoms. The van der Waals surface area contributed by atoms with Crippen LogP contribution in [0, 0.1) is 10.1 Å². The van der Waals surface area contributed by atoms with E-state index in [1.54, 1.807) is 0 Å². The number of hydrogen-bond acceptors (Lipinski definition) is 5. The summed E-state index contributed by atoms with van der Waals surface area (Å²) >= 11 is 0. The fourth-order valence-corrected chi connectivity index (χ4v) is 3.12. The second kappa shape index (κ2) is 7.94. The lowest BCUT2D eigenvalue weighted by molar-refractivity contribution is -0.387. The fourth-order valence-electron chi connectivity index (χ4n) is 1.85. The van der Waals surface area contributed by atoms with Gasteiger partial charge in [0.15, 0.2) is 4.90 Å². The van der Waals surface area contributed by atoms with E-state index in [0.29, 0.717) is 18.7 Å². The second-order valence-corrected chi connectivity index (χ2v) is 6.31. The van der Waals surface area contributed by atoms with Crippen molar-refractivity contribution in [1.29, 1.82) is 0 Å². The number of benzene rings is 1. The van der Waals surface area contributed by atoms with Gasteiger partial charge in [-0.2, -0.15) is 0 Å². The van der Waals surface area contributed by atoms with Crippen molar-refractivity contribution in [2.45, 2.75) is 38.0 Å². The molecule has 0 aliphatic rings. The lowest BCUT2D eigenvalue weighted by Gasteiger charge is -2.09. The first-order chi connectivity index (χ1) is 9.92. The highest BCUT2D eigenvalue weighted by atomic mass is 32.2. The van der Waals surface area contributed by atoms with E-state index in [1.807, 2.05) is 13.8 Å². The normalized spacial score (nSPS) is 11.3. The van der Waals surface area contributed by atoms with Crippen LogP contribution >= 0.6 is 0 Å². The molecule has 8 heteroatoms. The molecule has 0 bridgehead atoms. The van der Waals surface area contributed by atoms with Crippen molar-refractivity contribution >= 4 is 21.4 Å². The summed E-state index contributed by atoms with van der Waals surface area (Å²) in [5.74, 6) is 0. The van der Waals surface area contributed by atoms with E-state index >= 15 is 0 Å². The number of anilines is 1. The Hall–Kier alpha value is -1.67. The number of nitro benzene ring substituents is 1. The van der Waals surface area contributed by atoms with Crippen molar-refractivity contribution in [3.63, 3.8) is 0 Å². The van der Waals surface area contributed by atoms with Crippen LogP contribution < -0.4 is 10.0 Å². The highest BCUT2D eigenvalue weighted by molar-refractivity contribution is 7.89. The summed E-state index contributed by atoms with van der Waals surface area (Å²) in [6, 6.07) is 4.00. The lowest BCUT2D eigenvalue weighted by atomic mass is 10.3. The SMILES string of the molecule is CCCCCNS(=O)(=O)c1cc(NCC)ccc1[N+](=O)[O-]. The Balaban J connectivity index is 3.06. The van der Waals surface area contributed by atoms with Crippen LogP contribution in [-0.2, 0) is 10.0 Å². The zero-order valence-corrected chi connectivity index (χ0v) is 13.1. The first kappa shape index (κ1) is 17.4. The molecule has 0 amide bonds. The predicted molar refractivity (Wildman–Crippen MR) is 82.0 cm³/mol. The van der Waals surface area contributed by atoms with Gasteiger partial charge in [0.05, 0.1) is 4.92 Å². The first-order valence-corrected chi connectivity index (χ1v) is 8.42. The molecule has 7 nitrogen and oxygen atoms in total. The van der Waals surface area contributed by atoms with Crippen LogP contribution in [0.1, 0.15) is 33.1 Å². The van der Waals surface area contributed by atoms with Crippen LogP contribution in [0.5, 0.6) is 0 Å². The summed E-state index contributed by atoms with van der Waals surface area (Å²) in [5.41, 5.74) is 0.122. The monoisotopic (exact) mass is 315 g/mol. The molecule has 0 spiro atoms. The molecule has 0 fully saturated rings. The third-order valence-corrected chi connectivity index (χ3v) is 4.39. The average molecular weight is 315 g/mol. The fraction of sp³-hybridized carbons (Fsp3) is 0.538. The van der Waals surface area contributed by atoms with Crippen molar-refractivity contribution in [3.8, 4) is 0 Å². The van der Waals surface area contributed by atoms with Crippen LogP contribution in [0.3, 0.4) is 0 Å². The van der Waals surface area contributed by atoms with Gasteiger partial charge in [-0.05, 0) is 25.5 Å². The van der Waals surface area contributed by atoms with Crippen molar-refractivity contribution in [2.24, 2.45) is 0 Å². The van der Waals surface area contributed by atoms with E-state index in [9.17, 15) is 18.5 Å². The molecule has 1 aromatic rings. The van der Waals surface area contributed by atoms with Crippen LogP contribution in [0.2, 0.25) is 0 Å². The van der Waals surface area contributed by atoms with E-state index < -0.39 is 20.6 Å². The van der Waals surface area contributed by atoms with Gasteiger partial charge in [-0.15, -0.1) is 0 Å². The number of nitrogens with zero attached hydrogens (tertiary/aromatic N) is 1. The second-order valence-electron chi connectivity index (χ2n) is 4.57. The first-order valence-electron chi connectivity index (χ1n) is 6.94. The molecule has 0 saturated carbocycles. The van der Waals surface area contributed by atoms with Gasteiger partial charge in [-0.25, -0.2) is 13.1 Å². The zero-order chi connectivity index (χ0) is 15.9. The van der Waals surface area contributed by atoms with Gasteiger partial charge in [-0.3, -0.25) is 10.1 Å². The van der Waals surface area contributed by atoms with E-state index in [-0.39, 0.29) is 11.4 Å². The maximum Gasteiger partial charge on any atom is 0.289 e. The summed E-state index contributed by atoms with van der Waals surface area (Å²) in [6.45, 7) is 4.75. The molecule has 1 rings (SSSR count). The van der Waals surface area contributed by atoms with Gasteiger partial charge in [0.25, 0.3) is 5.69 Å². The van der Waals surface area contributed by atoms with Gasteiger partial charge in [0.2, 0.25) is 10.0 Å². The molecule has 0 aliphatic heterocycles. The van der Waals surface area contributed by atoms with Gasteiger partial charge in [0, 0.05) is 24.8 Å². The highest BCUT2D eigenvalue weighted by Crippen LogP contribution is 2.26. The Bertz CT molecular complexity index is 587. The molecule has 118 valence electrons. The van der Waals surface area contributed by atoms with E-state index in [4.69, 9.17) is 0 Å². The number of sulfonamides is 1. The van der Waals surface area contributed by atoms with E-state index in [1.165, 1.54) is 18.2 Å². The number of nitrogens with one attached hydrogen (secondary N) is 2. The van der Waals surface area contributed by atoms with Crippen LogP contribution in [0.15, 0.2) is 23.1 Å². The standard InChI is InChI=1S/C13H21N3O4S/c1-3-5-6-9-15-21(19,20)13-10-11(14-4-2)7-8-12(13)16(17)18/h7-8,10,14-15H,3-6,9H2,1-2H3. The van der Waals surface area contributed by atoms with Crippen LogP contribution in [0.25, 0.3) is 0 Å². The van der Waals surface area contributed by atoms with Gasteiger partial charge in [-0.1, -0.05) is 19.8 Å². The van der Waals surface area contributed by atoms with Gasteiger partial charge >= 0.3 is 0 Å². The van der Waals surface area contributed by atoms with Crippen LogP contribution in [-0.4, -0.2) is 26.4 Å². The number of rotatable bonds is 9. The number of unbranched alkanes of at least 4 members (excludes halogenated alkanes) is 2. The minimum atomic E-state index is -3.89. The Labute approximate surface area is 124 Å². The lowest BCUT2D eigenvalue weighted by Crippen LogP contribution is -2.25. The molecular formula is C13H21N3O4S. The Morgan fingerprint density at radius 1 is 1.24 bits per heavy atom. The van der Waals surface area contributed by atoms with Crippen molar-refractivity contribution in [3.05, 3.63) is 28.3 Å². The topological polar surface area (TPSA) is 101 Å². The number of hydrogen-bond donors (Lipinski definition) is 2. The molecule has 0 heterocycles. The smallest absolute Gasteiger partial charge is 0.289 e. The van der Waals surface area contributed by atoms with Gasteiger partial charge in [0.1, 0.15) is 0 Å². The Morgan fingerprint density at radius 3 is 2.52 bits per heavy atom. The maximum absolute atomic E-state index is 12.2. The third-order valence-electron chi connectivity index (χ3n) is 2.90. The summed E-state index contributed by atoms with van der Waals surface area (Å²) in [6.07, 6.45) is 2.58. The minimum Gasteiger partial charge on any atom is -0.385 e. The molecule has 0 atom stereocenters. The molecular weight excluding hydrogens is 294 g/mol. The summed E-state index contributed by atoms with van der Waals surface area (Å²) in [4.78, 5) is 10.0. The molecule has 1 aromatic carbocycles. The van der Waals surface area contributed by atoms with Crippen molar-refractivity contribution in [2.75, 3.05) is 18.4 Å². The van der Waals surface area contributed by atoms with Crippen molar-refractivity contribution in [1.82, 2.24) is 4.72 Å². The average Bonchev–Trinajstić information content (AvgIpc) is 2.44. The molecule has 0 radical (unpaired) electrons. The molecule has 0 saturated heterocycles. The highest BCUT2D eigenvalue weighted by Gasteiger charge is 2.25. The van der Waals surface area contributed by atoms with E-state index in [2.05, 4.69) is 10.0 Å². The summed E-state index contributed by atoms with van der Waals surface area (Å²) < 4.78 is 26.9. The quantitative estimate of drug-likeness (QED) is 0.414. The zero-order valence-electron chi connectivity index (χ0n) is 12.3. The Morgan fingerprint density at radius 2 is 1.95 bits per heavy atom. The van der Waals surface area contributed by atoms with E-state index in [0.717, 1.165) is 12.8 Å². The predicted octanol–water partition coefficient (Wildman–Crippen LogP) is 2.50. The molecule has 2 N–H and O–H groups in total. The molecule has 0 unspecified atom stereocenters. The number of nitro groups is 1.